The smallest absolute Gasteiger partial charge is 0.253 e. The predicted octanol–water partition coefficient (Wildman–Crippen LogP) is 3.45. The number of carbonyl (C=O) groups excluding carboxylic acids is 1. The highest BCUT2D eigenvalue weighted by Crippen LogP contribution is 2.23. The number of piperidine rings is 1. The number of ether oxygens (including phenoxy) is 1. The Labute approximate surface area is 136 Å². The Kier molecular flexibility index (Phi) is 4.55. The molecule has 1 fully saturated rings. The minimum atomic E-state index is 0.0667. The lowest BCUT2D eigenvalue weighted by atomic mass is 9.99. The summed E-state index contributed by atoms with van der Waals surface area (Å²) in [6.07, 6.45) is 2.26. The van der Waals surface area contributed by atoms with Crippen LogP contribution in [0.3, 0.4) is 0 Å². The van der Waals surface area contributed by atoms with Crippen molar-refractivity contribution in [2.75, 3.05) is 13.1 Å². The molecule has 2 heterocycles. The number of aryl methyl sites for hydroxylation is 1. The fourth-order valence-corrected chi connectivity index (χ4v) is 2.81. The van der Waals surface area contributed by atoms with E-state index < -0.39 is 0 Å². The van der Waals surface area contributed by atoms with E-state index in [4.69, 9.17) is 4.74 Å². The molecule has 1 aromatic carbocycles. The van der Waals surface area contributed by atoms with E-state index in [2.05, 4.69) is 17.1 Å². The number of hydrogen-bond donors (Lipinski definition) is 0. The van der Waals surface area contributed by atoms with Crippen molar-refractivity contribution in [3.05, 3.63) is 47.7 Å². The zero-order valence-corrected chi connectivity index (χ0v) is 13.5. The van der Waals surface area contributed by atoms with Crippen LogP contribution in [0.25, 0.3) is 0 Å². The third-order valence-corrected chi connectivity index (χ3v) is 4.02. The molecule has 0 bridgehead atoms. The largest absolute Gasteiger partial charge is 0.438 e. The SMILES string of the molecule is Cc1ccc(Oc2cccc(C(=O)N3CCCC(C)C3)c2)nn1. The first-order valence-electron chi connectivity index (χ1n) is 7.99. The van der Waals surface area contributed by atoms with Gasteiger partial charge < -0.3 is 9.64 Å². The molecule has 5 heteroatoms. The van der Waals surface area contributed by atoms with E-state index in [1.54, 1.807) is 12.1 Å². The van der Waals surface area contributed by atoms with E-state index in [0.717, 1.165) is 25.2 Å². The fourth-order valence-electron chi connectivity index (χ4n) is 2.81. The summed E-state index contributed by atoms with van der Waals surface area (Å²) in [5.41, 5.74) is 1.48. The summed E-state index contributed by atoms with van der Waals surface area (Å²) in [7, 11) is 0. The molecule has 1 amide bonds. The maximum atomic E-state index is 12.6. The standard InChI is InChI=1S/C18H21N3O2/c1-13-5-4-10-21(12-13)18(22)15-6-3-7-16(11-15)23-17-9-8-14(2)19-20-17/h3,6-9,11,13H,4-5,10,12H2,1-2H3. The molecule has 5 nitrogen and oxygen atoms in total. The van der Waals surface area contributed by atoms with Crippen LogP contribution in [0.5, 0.6) is 11.6 Å². The third kappa shape index (κ3) is 3.86. The molecule has 0 N–H and O–H groups in total. The van der Waals surface area contributed by atoms with Gasteiger partial charge in [-0.2, -0.15) is 5.10 Å². The number of amides is 1. The first kappa shape index (κ1) is 15.5. The maximum Gasteiger partial charge on any atom is 0.253 e. The molecule has 1 unspecified atom stereocenters. The van der Waals surface area contributed by atoms with Crippen LogP contribution in [0.4, 0.5) is 0 Å². The Balaban J connectivity index is 1.74. The van der Waals surface area contributed by atoms with Gasteiger partial charge in [-0.3, -0.25) is 4.79 Å². The van der Waals surface area contributed by atoms with Gasteiger partial charge in [0.25, 0.3) is 5.91 Å². The molecule has 0 spiro atoms. The Bertz CT molecular complexity index is 685. The van der Waals surface area contributed by atoms with Gasteiger partial charge in [0.1, 0.15) is 5.75 Å². The number of carbonyl (C=O) groups is 1. The van der Waals surface area contributed by atoms with Gasteiger partial charge in [-0.05, 0) is 49.9 Å². The van der Waals surface area contributed by atoms with E-state index >= 15 is 0 Å². The Morgan fingerprint density at radius 3 is 2.87 bits per heavy atom. The zero-order valence-electron chi connectivity index (χ0n) is 13.5. The lowest BCUT2D eigenvalue weighted by Crippen LogP contribution is -2.39. The minimum Gasteiger partial charge on any atom is -0.438 e. The summed E-state index contributed by atoms with van der Waals surface area (Å²) in [5.74, 6) is 1.65. The van der Waals surface area contributed by atoms with Crippen LogP contribution in [0, 0.1) is 12.8 Å². The van der Waals surface area contributed by atoms with Crippen molar-refractivity contribution in [3.63, 3.8) is 0 Å². The van der Waals surface area contributed by atoms with Crippen LogP contribution in [0.2, 0.25) is 0 Å². The van der Waals surface area contributed by atoms with Crippen LogP contribution in [-0.2, 0) is 0 Å². The molecule has 0 aliphatic carbocycles. The van der Waals surface area contributed by atoms with Crippen LogP contribution >= 0.6 is 0 Å². The second-order valence-corrected chi connectivity index (χ2v) is 6.14. The second-order valence-electron chi connectivity index (χ2n) is 6.14. The minimum absolute atomic E-state index is 0.0667. The average Bonchev–Trinajstić information content (AvgIpc) is 2.56. The van der Waals surface area contributed by atoms with Gasteiger partial charge in [0.2, 0.25) is 5.88 Å². The number of likely N-dealkylation sites (tertiary alicyclic amines) is 1. The molecule has 1 aliphatic heterocycles. The summed E-state index contributed by atoms with van der Waals surface area (Å²) >= 11 is 0. The molecule has 1 atom stereocenters. The molecule has 0 saturated carbocycles. The topological polar surface area (TPSA) is 55.3 Å². The van der Waals surface area contributed by atoms with Crippen LogP contribution in [-0.4, -0.2) is 34.1 Å². The van der Waals surface area contributed by atoms with E-state index in [9.17, 15) is 4.79 Å². The van der Waals surface area contributed by atoms with Crippen molar-refractivity contribution in [1.29, 1.82) is 0 Å². The van der Waals surface area contributed by atoms with Crippen molar-refractivity contribution in [1.82, 2.24) is 15.1 Å². The number of nitrogens with zero attached hydrogens (tertiary/aromatic N) is 3. The predicted molar refractivity (Wildman–Crippen MR) is 87.6 cm³/mol. The lowest BCUT2D eigenvalue weighted by Gasteiger charge is -2.31. The summed E-state index contributed by atoms with van der Waals surface area (Å²) in [6.45, 7) is 5.72. The molecule has 2 aromatic rings. The van der Waals surface area contributed by atoms with Gasteiger partial charge in [0.15, 0.2) is 0 Å². The molecule has 23 heavy (non-hydrogen) atoms. The molecule has 0 radical (unpaired) electrons. The molecule has 120 valence electrons. The van der Waals surface area contributed by atoms with Gasteiger partial charge in [0.05, 0.1) is 5.69 Å². The van der Waals surface area contributed by atoms with Crippen LogP contribution in [0.15, 0.2) is 36.4 Å². The van der Waals surface area contributed by atoms with Crippen LogP contribution in [0.1, 0.15) is 35.8 Å². The second kappa shape index (κ2) is 6.77. The van der Waals surface area contributed by atoms with Crippen molar-refractivity contribution in [2.45, 2.75) is 26.7 Å². The van der Waals surface area contributed by atoms with Gasteiger partial charge >= 0.3 is 0 Å². The molecule has 3 rings (SSSR count). The van der Waals surface area contributed by atoms with Crippen LogP contribution < -0.4 is 4.74 Å². The van der Waals surface area contributed by atoms with Gasteiger partial charge in [-0.15, -0.1) is 5.10 Å². The molecular formula is C18H21N3O2. The maximum absolute atomic E-state index is 12.6. The summed E-state index contributed by atoms with van der Waals surface area (Å²) in [4.78, 5) is 14.6. The molecule has 1 aliphatic rings. The van der Waals surface area contributed by atoms with Gasteiger partial charge in [0, 0.05) is 24.7 Å². The third-order valence-electron chi connectivity index (χ3n) is 4.02. The summed E-state index contributed by atoms with van der Waals surface area (Å²) in [5, 5.41) is 7.94. The number of aromatic nitrogens is 2. The lowest BCUT2D eigenvalue weighted by molar-refractivity contribution is 0.0682. The number of benzene rings is 1. The zero-order chi connectivity index (χ0) is 16.2. The normalized spacial score (nSPS) is 17.8. The highest BCUT2D eigenvalue weighted by molar-refractivity contribution is 5.94. The van der Waals surface area contributed by atoms with E-state index in [1.165, 1.54) is 6.42 Å². The summed E-state index contributed by atoms with van der Waals surface area (Å²) < 4.78 is 5.69. The molecular weight excluding hydrogens is 290 g/mol. The first-order chi connectivity index (χ1) is 11.1. The Morgan fingerprint density at radius 1 is 1.26 bits per heavy atom. The number of hydrogen-bond acceptors (Lipinski definition) is 4. The van der Waals surface area contributed by atoms with Crippen molar-refractivity contribution < 1.29 is 9.53 Å². The highest BCUT2D eigenvalue weighted by atomic mass is 16.5. The fraction of sp³-hybridized carbons (Fsp3) is 0.389. The molecule has 1 aromatic heterocycles. The van der Waals surface area contributed by atoms with E-state index in [1.807, 2.05) is 36.1 Å². The molecule has 1 saturated heterocycles. The first-order valence-corrected chi connectivity index (χ1v) is 7.99. The van der Waals surface area contributed by atoms with Crippen molar-refractivity contribution in [3.8, 4) is 11.6 Å². The number of rotatable bonds is 3. The average molecular weight is 311 g/mol. The van der Waals surface area contributed by atoms with E-state index in [0.29, 0.717) is 23.1 Å². The Hall–Kier alpha value is -2.43. The van der Waals surface area contributed by atoms with Crippen molar-refractivity contribution in [2.24, 2.45) is 5.92 Å². The van der Waals surface area contributed by atoms with Gasteiger partial charge in [-0.1, -0.05) is 13.0 Å². The highest BCUT2D eigenvalue weighted by Gasteiger charge is 2.22. The monoisotopic (exact) mass is 311 g/mol. The Morgan fingerprint density at radius 2 is 2.13 bits per heavy atom. The quantitative estimate of drug-likeness (QED) is 0.871. The van der Waals surface area contributed by atoms with Gasteiger partial charge in [-0.25, -0.2) is 0 Å². The van der Waals surface area contributed by atoms with Crippen molar-refractivity contribution >= 4 is 5.91 Å². The van der Waals surface area contributed by atoms with E-state index in [-0.39, 0.29) is 5.91 Å². The summed E-state index contributed by atoms with van der Waals surface area (Å²) in [6, 6.07) is 10.8.